The lowest BCUT2D eigenvalue weighted by molar-refractivity contribution is -0.112. The Bertz CT molecular complexity index is 1120. The third-order valence-electron chi connectivity index (χ3n) is 4.24. The Labute approximate surface area is 173 Å². The Hall–Kier alpha value is -3.00. The van der Waals surface area contributed by atoms with E-state index in [1.165, 1.54) is 6.08 Å². The monoisotopic (exact) mass is 410 g/mol. The molecule has 1 amide bonds. The maximum Gasteiger partial charge on any atom is 0.266 e. The molecule has 0 saturated carbocycles. The number of halogens is 2. The van der Waals surface area contributed by atoms with Crippen molar-refractivity contribution in [2.24, 2.45) is 0 Å². The number of furan rings is 1. The van der Waals surface area contributed by atoms with Crippen LogP contribution in [0.25, 0.3) is 17.4 Å². The maximum atomic E-state index is 12.4. The fourth-order valence-corrected chi connectivity index (χ4v) is 2.95. The van der Waals surface area contributed by atoms with E-state index in [-0.39, 0.29) is 5.57 Å². The molecule has 0 radical (unpaired) electrons. The van der Waals surface area contributed by atoms with Crippen LogP contribution in [0.1, 0.15) is 16.9 Å². The molecule has 6 heteroatoms. The standard InChI is InChI=1S/C22H16Cl2N2O2/c1-13-3-5-17(9-14(13)2)26-22(27)15(12-25)10-18-6-8-21(28-18)19-11-16(23)4-7-20(19)24/h3-11H,1-2H3,(H,26,27)/b15-10+. The van der Waals surface area contributed by atoms with E-state index in [0.717, 1.165) is 11.1 Å². The largest absolute Gasteiger partial charge is 0.457 e. The van der Waals surface area contributed by atoms with Crippen molar-refractivity contribution in [1.29, 1.82) is 5.26 Å². The third kappa shape index (κ3) is 4.45. The highest BCUT2D eigenvalue weighted by Crippen LogP contribution is 2.32. The van der Waals surface area contributed by atoms with E-state index in [4.69, 9.17) is 27.6 Å². The van der Waals surface area contributed by atoms with Crippen molar-refractivity contribution in [2.45, 2.75) is 13.8 Å². The van der Waals surface area contributed by atoms with Gasteiger partial charge in [-0.2, -0.15) is 5.26 Å². The molecule has 2 aromatic carbocycles. The minimum Gasteiger partial charge on any atom is -0.457 e. The Kier molecular flexibility index (Phi) is 5.89. The zero-order valence-electron chi connectivity index (χ0n) is 15.2. The smallest absolute Gasteiger partial charge is 0.266 e. The SMILES string of the molecule is Cc1ccc(NC(=O)/C(C#N)=C/c2ccc(-c3cc(Cl)ccc3Cl)o2)cc1C. The van der Waals surface area contributed by atoms with Crippen molar-refractivity contribution in [3.05, 3.63) is 81.0 Å². The lowest BCUT2D eigenvalue weighted by Crippen LogP contribution is -2.13. The molecular weight excluding hydrogens is 395 g/mol. The van der Waals surface area contributed by atoms with Gasteiger partial charge < -0.3 is 9.73 Å². The second kappa shape index (κ2) is 8.35. The lowest BCUT2D eigenvalue weighted by Gasteiger charge is -2.06. The molecule has 0 aliphatic rings. The van der Waals surface area contributed by atoms with E-state index in [1.807, 2.05) is 32.0 Å². The fourth-order valence-electron chi connectivity index (χ4n) is 2.57. The summed E-state index contributed by atoms with van der Waals surface area (Å²) in [4.78, 5) is 12.4. The van der Waals surface area contributed by atoms with Crippen LogP contribution in [-0.4, -0.2) is 5.91 Å². The predicted octanol–water partition coefficient (Wildman–Crippen LogP) is 6.42. The first-order chi connectivity index (χ1) is 13.4. The molecule has 0 bridgehead atoms. The normalized spacial score (nSPS) is 11.2. The summed E-state index contributed by atoms with van der Waals surface area (Å²) in [5, 5.41) is 13.1. The van der Waals surface area contributed by atoms with Gasteiger partial charge in [-0.3, -0.25) is 4.79 Å². The number of hydrogen-bond donors (Lipinski definition) is 1. The van der Waals surface area contributed by atoms with Crippen LogP contribution in [0.5, 0.6) is 0 Å². The molecule has 0 saturated heterocycles. The van der Waals surface area contributed by atoms with Crippen molar-refractivity contribution >= 4 is 40.9 Å². The maximum absolute atomic E-state index is 12.4. The number of benzene rings is 2. The van der Waals surface area contributed by atoms with Gasteiger partial charge in [0.05, 0.1) is 5.02 Å². The minimum atomic E-state index is -0.510. The van der Waals surface area contributed by atoms with Gasteiger partial charge in [-0.05, 0) is 67.4 Å². The van der Waals surface area contributed by atoms with Gasteiger partial charge in [0.1, 0.15) is 23.2 Å². The highest BCUT2D eigenvalue weighted by molar-refractivity contribution is 6.35. The molecule has 0 aliphatic heterocycles. The zero-order valence-corrected chi connectivity index (χ0v) is 16.7. The molecule has 1 aromatic heterocycles. The molecule has 0 spiro atoms. The van der Waals surface area contributed by atoms with Crippen LogP contribution < -0.4 is 5.32 Å². The molecule has 0 aliphatic carbocycles. The number of nitrogens with one attached hydrogen (secondary N) is 1. The van der Waals surface area contributed by atoms with E-state index in [1.54, 1.807) is 36.4 Å². The fraction of sp³-hybridized carbons (Fsp3) is 0.0909. The summed E-state index contributed by atoms with van der Waals surface area (Å²) >= 11 is 12.2. The molecule has 0 unspecified atom stereocenters. The topological polar surface area (TPSA) is 66.0 Å². The van der Waals surface area contributed by atoms with E-state index in [2.05, 4.69) is 5.32 Å². The van der Waals surface area contributed by atoms with Crippen LogP contribution in [0.15, 0.2) is 58.5 Å². The number of nitrogens with zero attached hydrogens (tertiary/aromatic N) is 1. The van der Waals surface area contributed by atoms with Gasteiger partial charge in [-0.1, -0.05) is 29.3 Å². The molecule has 3 aromatic rings. The molecule has 0 atom stereocenters. The second-order valence-electron chi connectivity index (χ2n) is 6.25. The zero-order chi connectivity index (χ0) is 20.3. The number of carbonyl (C=O) groups is 1. The first-order valence-electron chi connectivity index (χ1n) is 8.43. The Morgan fingerprint density at radius 3 is 2.57 bits per heavy atom. The van der Waals surface area contributed by atoms with Crippen molar-refractivity contribution in [3.8, 4) is 17.4 Å². The van der Waals surface area contributed by atoms with Crippen LogP contribution in [0.4, 0.5) is 5.69 Å². The Balaban J connectivity index is 1.84. The number of aryl methyl sites for hydroxylation is 2. The molecule has 0 fully saturated rings. The van der Waals surface area contributed by atoms with E-state index in [9.17, 15) is 10.1 Å². The third-order valence-corrected chi connectivity index (χ3v) is 4.80. The number of hydrogen-bond acceptors (Lipinski definition) is 3. The molecule has 1 N–H and O–H groups in total. The highest BCUT2D eigenvalue weighted by atomic mass is 35.5. The van der Waals surface area contributed by atoms with Gasteiger partial charge in [-0.15, -0.1) is 0 Å². The summed E-state index contributed by atoms with van der Waals surface area (Å²) in [6.07, 6.45) is 1.39. The van der Waals surface area contributed by atoms with Gasteiger partial charge in [0.25, 0.3) is 5.91 Å². The van der Waals surface area contributed by atoms with E-state index < -0.39 is 5.91 Å². The van der Waals surface area contributed by atoms with Gasteiger partial charge in [0.15, 0.2) is 0 Å². The predicted molar refractivity (Wildman–Crippen MR) is 112 cm³/mol. The summed E-state index contributed by atoms with van der Waals surface area (Å²) in [7, 11) is 0. The van der Waals surface area contributed by atoms with Crippen molar-refractivity contribution in [3.63, 3.8) is 0 Å². The molecule has 3 rings (SSSR count). The molecule has 28 heavy (non-hydrogen) atoms. The lowest BCUT2D eigenvalue weighted by atomic mass is 10.1. The number of nitriles is 1. The summed E-state index contributed by atoms with van der Waals surface area (Å²) in [5.41, 5.74) is 3.36. The first-order valence-corrected chi connectivity index (χ1v) is 9.18. The highest BCUT2D eigenvalue weighted by Gasteiger charge is 2.13. The van der Waals surface area contributed by atoms with Crippen LogP contribution in [0.3, 0.4) is 0 Å². The average molecular weight is 411 g/mol. The van der Waals surface area contributed by atoms with Crippen molar-refractivity contribution < 1.29 is 9.21 Å². The molecular formula is C22H16Cl2N2O2. The number of anilines is 1. The Morgan fingerprint density at radius 2 is 1.86 bits per heavy atom. The second-order valence-corrected chi connectivity index (χ2v) is 7.09. The van der Waals surface area contributed by atoms with E-state index in [0.29, 0.717) is 32.8 Å². The Morgan fingerprint density at radius 1 is 1.07 bits per heavy atom. The van der Waals surface area contributed by atoms with Crippen LogP contribution in [-0.2, 0) is 4.79 Å². The first kappa shape index (κ1) is 19.8. The van der Waals surface area contributed by atoms with Crippen LogP contribution in [0, 0.1) is 25.2 Å². The number of amides is 1. The van der Waals surface area contributed by atoms with Crippen molar-refractivity contribution in [2.75, 3.05) is 5.32 Å². The van der Waals surface area contributed by atoms with Crippen LogP contribution in [0.2, 0.25) is 10.0 Å². The van der Waals surface area contributed by atoms with Crippen LogP contribution >= 0.6 is 23.2 Å². The van der Waals surface area contributed by atoms with Gasteiger partial charge in [0, 0.05) is 22.3 Å². The summed E-state index contributed by atoms with van der Waals surface area (Å²) in [5.74, 6) is 0.341. The summed E-state index contributed by atoms with van der Waals surface area (Å²) < 4.78 is 5.72. The minimum absolute atomic E-state index is 0.0729. The summed E-state index contributed by atoms with van der Waals surface area (Å²) in [6.45, 7) is 3.94. The molecule has 4 nitrogen and oxygen atoms in total. The number of rotatable bonds is 4. The summed E-state index contributed by atoms with van der Waals surface area (Å²) in [6, 6.07) is 15.9. The van der Waals surface area contributed by atoms with Gasteiger partial charge >= 0.3 is 0 Å². The quantitative estimate of drug-likeness (QED) is 0.398. The molecule has 1 heterocycles. The number of carbonyl (C=O) groups excluding carboxylic acids is 1. The van der Waals surface area contributed by atoms with Gasteiger partial charge in [0.2, 0.25) is 0 Å². The van der Waals surface area contributed by atoms with E-state index >= 15 is 0 Å². The van der Waals surface area contributed by atoms with Crippen molar-refractivity contribution in [1.82, 2.24) is 0 Å². The van der Waals surface area contributed by atoms with Gasteiger partial charge in [-0.25, -0.2) is 0 Å². The molecule has 140 valence electrons. The average Bonchev–Trinajstić information content (AvgIpc) is 3.13.